The van der Waals surface area contributed by atoms with Crippen LogP contribution in [0.15, 0.2) is 67.6 Å². The molecule has 35 heavy (non-hydrogen) atoms. The number of aromatic nitrogens is 5. The monoisotopic (exact) mass is 609 g/mol. The topological polar surface area (TPSA) is 136 Å². The number of nitrogens with zero attached hydrogens (tertiary/aromatic N) is 6. The Morgan fingerprint density at radius 3 is 2.80 bits per heavy atom. The van der Waals surface area contributed by atoms with E-state index in [0.717, 1.165) is 37.5 Å². The van der Waals surface area contributed by atoms with Crippen molar-refractivity contribution in [3.63, 3.8) is 0 Å². The summed E-state index contributed by atoms with van der Waals surface area (Å²) in [5, 5.41) is 24.4. The molecule has 4 aromatic rings. The zero-order valence-corrected chi connectivity index (χ0v) is 22.6. The summed E-state index contributed by atoms with van der Waals surface area (Å²) < 4.78 is 2.93. The number of nitrogens with one attached hydrogen (secondary N) is 2. The van der Waals surface area contributed by atoms with Crippen molar-refractivity contribution in [2.24, 2.45) is 5.10 Å². The van der Waals surface area contributed by atoms with Crippen LogP contribution in [0.25, 0.3) is 0 Å². The summed E-state index contributed by atoms with van der Waals surface area (Å²) in [6.45, 7) is 0. The van der Waals surface area contributed by atoms with Crippen LogP contribution in [0.1, 0.15) is 11.1 Å². The zero-order valence-electron chi connectivity index (χ0n) is 17.8. The molecule has 0 radical (unpaired) electrons. The second-order valence-corrected chi connectivity index (χ2v) is 11.2. The van der Waals surface area contributed by atoms with E-state index in [-0.39, 0.29) is 17.6 Å². The van der Waals surface area contributed by atoms with Gasteiger partial charge in [-0.25, -0.2) is 10.1 Å². The molecule has 0 atom stereocenters. The van der Waals surface area contributed by atoms with Crippen LogP contribution in [-0.4, -0.2) is 42.9 Å². The summed E-state index contributed by atoms with van der Waals surface area (Å²) in [7, 11) is 0. The first-order chi connectivity index (χ1) is 17.0. The molecular weight excluding hydrogens is 594 g/mol. The van der Waals surface area contributed by atoms with E-state index >= 15 is 0 Å². The molecule has 10 nitrogen and oxygen atoms in total. The second-order valence-electron chi connectivity index (χ2n) is 6.73. The van der Waals surface area contributed by atoms with E-state index in [1.807, 2.05) is 48.5 Å². The van der Waals surface area contributed by atoms with Crippen LogP contribution < -0.4 is 16.6 Å². The van der Waals surface area contributed by atoms with E-state index in [1.165, 1.54) is 27.8 Å². The Kier molecular flexibility index (Phi) is 8.98. The highest BCUT2D eigenvalue weighted by molar-refractivity contribution is 9.10. The van der Waals surface area contributed by atoms with Crippen molar-refractivity contribution >= 4 is 85.6 Å². The number of nitrogens with two attached hydrogens (primary N) is 1. The first-order valence-corrected chi connectivity index (χ1v) is 13.8. The van der Waals surface area contributed by atoms with Gasteiger partial charge in [0.05, 0.1) is 12.0 Å². The van der Waals surface area contributed by atoms with E-state index in [9.17, 15) is 4.79 Å². The Labute approximate surface area is 226 Å². The molecule has 0 unspecified atom stereocenters. The molecule has 0 aliphatic carbocycles. The Bertz CT molecular complexity index is 1330. The van der Waals surface area contributed by atoms with Gasteiger partial charge in [-0.3, -0.25) is 10.1 Å². The SMILES string of the molecule is Nn1c(N/N=C/c2cccc(Br)c2)nnc1SCC(=O)Nc1nnc(SCc2ccc(Cl)cc2)s1. The largest absolute Gasteiger partial charge is 0.334 e. The van der Waals surface area contributed by atoms with Gasteiger partial charge in [0.1, 0.15) is 0 Å². The Morgan fingerprint density at radius 2 is 2.00 bits per heavy atom. The second kappa shape index (κ2) is 12.4. The number of carbonyl (C=O) groups excluding carboxylic acids is 1. The molecule has 0 aliphatic heterocycles. The zero-order chi connectivity index (χ0) is 24.6. The maximum absolute atomic E-state index is 12.3. The maximum Gasteiger partial charge on any atom is 0.264 e. The minimum absolute atomic E-state index is 0.0729. The summed E-state index contributed by atoms with van der Waals surface area (Å²) in [6, 6.07) is 15.3. The molecule has 0 bridgehead atoms. The molecule has 1 amide bonds. The number of thioether (sulfide) groups is 2. The average Bonchev–Trinajstić information content (AvgIpc) is 3.43. The number of benzene rings is 2. The van der Waals surface area contributed by atoms with Crippen LogP contribution >= 0.6 is 62.4 Å². The summed E-state index contributed by atoms with van der Waals surface area (Å²) in [6.07, 6.45) is 1.63. The highest BCUT2D eigenvalue weighted by Crippen LogP contribution is 2.29. The van der Waals surface area contributed by atoms with Crippen LogP contribution in [0, 0.1) is 0 Å². The number of anilines is 2. The molecule has 2 aromatic carbocycles. The smallest absolute Gasteiger partial charge is 0.264 e. The molecule has 4 rings (SSSR count). The quantitative estimate of drug-likeness (QED) is 0.0765. The summed E-state index contributed by atoms with van der Waals surface area (Å²) in [5.41, 5.74) is 4.75. The number of rotatable bonds is 10. The number of hydrazone groups is 1. The van der Waals surface area contributed by atoms with Gasteiger partial charge in [-0.15, -0.1) is 20.4 Å². The Morgan fingerprint density at radius 1 is 1.17 bits per heavy atom. The highest BCUT2D eigenvalue weighted by atomic mass is 79.9. The van der Waals surface area contributed by atoms with E-state index in [4.69, 9.17) is 17.4 Å². The number of halogens is 2. The predicted octanol–water partition coefficient (Wildman–Crippen LogP) is 4.73. The molecule has 0 saturated heterocycles. The van der Waals surface area contributed by atoms with Crippen LogP contribution in [0.2, 0.25) is 5.02 Å². The van der Waals surface area contributed by atoms with Crippen LogP contribution in [0.4, 0.5) is 11.1 Å². The van der Waals surface area contributed by atoms with Crippen LogP contribution in [0.5, 0.6) is 0 Å². The first kappa shape index (κ1) is 25.4. The van der Waals surface area contributed by atoms with E-state index < -0.39 is 0 Å². The number of amides is 1. The fraction of sp³-hybridized carbons (Fsp3) is 0.100. The van der Waals surface area contributed by atoms with Gasteiger partial charge in [0.2, 0.25) is 16.2 Å². The minimum Gasteiger partial charge on any atom is -0.334 e. The van der Waals surface area contributed by atoms with Gasteiger partial charge in [-0.05, 0) is 35.4 Å². The van der Waals surface area contributed by atoms with Gasteiger partial charge in [0, 0.05) is 15.2 Å². The first-order valence-electron chi connectivity index (χ1n) is 9.85. The molecular formula is C20H17BrClN9OS3. The fourth-order valence-electron chi connectivity index (χ4n) is 2.53. The summed E-state index contributed by atoms with van der Waals surface area (Å²) >= 11 is 13.3. The lowest BCUT2D eigenvalue weighted by molar-refractivity contribution is -0.113. The van der Waals surface area contributed by atoms with E-state index in [1.54, 1.807) is 6.21 Å². The molecule has 0 saturated carbocycles. The lowest BCUT2D eigenvalue weighted by Crippen LogP contribution is -2.16. The van der Waals surface area contributed by atoms with Crippen molar-refractivity contribution in [2.45, 2.75) is 15.2 Å². The number of hydrogen-bond donors (Lipinski definition) is 3. The summed E-state index contributed by atoms with van der Waals surface area (Å²) in [4.78, 5) is 12.3. The van der Waals surface area contributed by atoms with Gasteiger partial charge in [0.15, 0.2) is 4.34 Å². The third-order valence-corrected chi connectivity index (χ3v) is 7.88. The van der Waals surface area contributed by atoms with Gasteiger partial charge in [0.25, 0.3) is 5.95 Å². The Balaban J connectivity index is 1.23. The lowest BCUT2D eigenvalue weighted by Gasteiger charge is -2.03. The van der Waals surface area contributed by atoms with E-state index in [0.29, 0.717) is 15.3 Å². The van der Waals surface area contributed by atoms with Crippen LogP contribution in [0.3, 0.4) is 0 Å². The fourth-order valence-corrected chi connectivity index (χ4v) is 5.46. The van der Waals surface area contributed by atoms with Gasteiger partial charge < -0.3 is 5.84 Å². The molecule has 180 valence electrons. The van der Waals surface area contributed by atoms with Crippen molar-refractivity contribution in [1.29, 1.82) is 0 Å². The molecule has 2 aromatic heterocycles. The standard InChI is InChI=1S/C20H17BrClN9OS3/c21-14-3-1-2-13(8-14)9-24-26-17-27-29-19(31(17)23)33-11-16(32)25-18-28-30-20(35-18)34-10-12-4-6-15(22)7-5-12/h1-9H,10-11,23H2,(H,26,27)(H,25,28,32)/b24-9+. The highest BCUT2D eigenvalue weighted by Gasteiger charge is 2.14. The molecule has 15 heteroatoms. The number of carbonyl (C=O) groups is 1. The predicted molar refractivity (Wildman–Crippen MR) is 146 cm³/mol. The van der Waals surface area contributed by atoms with Gasteiger partial charge in [-0.2, -0.15) is 5.10 Å². The number of hydrogen-bond acceptors (Lipinski definition) is 11. The van der Waals surface area contributed by atoms with Crippen molar-refractivity contribution in [3.8, 4) is 0 Å². The third-order valence-electron chi connectivity index (χ3n) is 4.15. The van der Waals surface area contributed by atoms with Gasteiger partial charge >= 0.3 is 0 Å². The normalized spacial score (nSPS) is 11.1. The molecule has 2 heterocycles. The van der Waals surface area contributed by atoms with E-state index in [2.05, 4.69) is 52.2 Å². The lowest BCUT2D eigenvalue weighted by atomic mass is 10.2. The molecule has 4 N–H and O–H groups in total. The maximum atomic E-state index is 12.3. The van der Waals surface area contributed by atoms with Crippen molar-refractivity contribution in [3.05, 3.63) is 69.2 Å². The molecule has 0 spiro atoms. The van der Waals surface area contributed by atoms with Crippen molar-refractivity contribution in [1.82, 2.24) is 25.1 Å². The average molecular weight is 611 g/mol. The van der Waals surface area contributed by atoms with Crippen LogP contribution in [-0.2, 0) is 10.5 Å². The summed E-state index contributed by atoms with van der Waals surface area (Å²) in [5.74, 6) is 6.79. The van der Waals surface area contributed by atoms with Crippen molar-refractivity contribution in [2.75, 3.05) is 22.3 Å². The third kappa shape index (κ3) is 7.67. The van der Waals surface area contributed by atoms with Crippen molar-refractivity contribution < 1.29 is 4.79 Å². The minimum atomic E-state index is -0.259. The molecule has 0 fully saturated rings. The van der Waals surface area contributed by atoms with Gasteiger partial charge in [-0.1, -0.05) is 86.7 Å². The number of nitrogen functional groups attached to an aromatic ring is 1. The molecule has 0 aliphatic rings. The Hall–Kier alpha value is -2.65.